The fraction of sp³-hybridized carbons (Fsp3) is 0.192. The molecular formula is C26H21ClN4O4S. The number of aliphatic carboxylic acids is 1. The predicted molar refractivity (Wildman–Crippen MR) is 139 cm³/mol. The molecule has 0 radical (unpaired) electrons. The van der Waals surface area contributed by atoms with Crippen LogP contribution in [0.4, 0.5) is 0 Å². The average Bonchev–Trinajstić information content (AvgIpc) is 3.50. The number of hydrazone groups is 1. The Morgan fingerprint density at radius 3 is 2.53 bits per heavy atom. The monoisotopic (exact) mass is 520 g/mol. The van der Waals surface area contributed by atoms with Crippen LogP contribution in [0.1, 0.15) is 42.0 Å². The van der Waals surface area contributed by atoms with Crippen LogP contribution < -0.4 is 5.56 Å². The number of halogens is 1. The molecule has 36 heavy (non-hydrogen) atoms. The van der Waals surface area contributed by atoms with Crippen LogP contribution in [0, 0.1) is 6.92 Å². The molecule has 0 bridgehead atoms. The highest BCUT2D eigenvalue weighted by molar-refractivity contribution is 7.17. The van der Waals surface area contributed by atoms with E-state index in [0.29, 0.717) is 33.9 Å². The van der Waals surface area contributed by atoms with Gasteiger partial charge in [-0.1, -0.05) is 53.6 Å². The van der Waals surface area contributed by atoms with Crippen molar-refractivity contribution in [3.63, 3.8) is 0 Å². The number of aromatic nitrogens is 2. The third-order valence-corrected chi connectivity index (χ3v) is 7.20. The Morgan fingerprint density at radius 2 is 1.83 bits per heavy atom. The summed E-state index contributed by atoms with van der Waals surface area (Å²) >= 11 is 7.51. The first-order chi connectivity index (χ1) is 17.3. The standard InChI is InChI=1S/C26H21ClN4O4S/c1-14-2-4-15(5-3-14)19-12-18(30-31(19)20(32)10-11-21(33)34)23-22(16-6-8-17(27)9-7-16)24-25(28-13-36-24)29-26(23)35/h2-9,13,19H,10-12H2,1H3,(H,29,35)(H,33,34). The van der Waals surface area contributed by atoms with E-state index in [9.17, 15) is 14.4 Å². The molecule has 0 saturated carbocycles. The largest absolute Gasteiger partial charge is 0.481 e. The Balaban J connectivity index is 1.66. The summed E-state index contributed by atoms with van der Waals surface area (Å²) in [6, 6.07) is 14.5. The first-order valence-electron chi connectivity index (χ1n) is 11.3. The molecule has 1 aliphatic rings. The summed E-state index contributed by atoms with van der Waals surface area (Å²) in [5.74, 6) is -1.47. The van der Waals surface area contributed by atoms with Gasteiger partial charge in [-0.2, -0.15) is 5.10 Å². The van der Waals surface area contributed by atoms with Crippen molar-refractivity contribution in [3.8, 4) is 11.1 Å². The summed E-state index contributed by atoms with van der Waals surface area (Å²) in [7, 11) is 0. The number of thiazole rings is 1. The number of amides is 1. The summed E-state index contributed by atoms with van der Waals surface area (Å²) in [6.07, 6.45) is -0.192. The summed E-state index contributed by atoms with van der Waals surface area (Å²) in [4.78, 5) is 44.7. The Kier molecular flexibility index (Phi) is 6.42. The molecule has 1 unspecified atom stereocenters. The summed E-state index contributed by atoms with van der Waals surface area (Å²) < 4.78 is 0.789. The van der Waals surface area contributed by atoms with Gasteiger partial charge in [-0.05, 0) is 30.2 Å². The minimum Gasteiger partial charge on any atom is -0.481 e. The molecule has 0 fully saturated rings. The van der Waals surface area contributed by atoms with Gasteiger partial charge in [-0.15, -0.1) is 11.3 Å². The lowest BCUT2D eigenvalue weighted by Gasteiger charge is -2.22. The highest BCUT2D eigenvalue weighted by Gasteiger charge is 2.35. The van der Waals surface area contributed by atoms with E-state index in [2.05, 4.69) is 15.1 Å². The van der Waals surface area contributed by atoms with Crippen LogP contribution in [-0.4, -0.2) is 37.7 Å². The molecule has 3 heterocycles. The lowest BCUT2D eigenvalue weighted by molar-refractivity contribution is -0.141. The van der Waals surface area contributed by atoms with Crippen molar-refractivity contribution in [1.29, 1.82) is 0 Å². The third kappa shape index (κ3) is 4.55. The van der Waals surface area contributed by atoms with Crippen LogP contribution in [-0.2, 0) is 9.59 Å². The number of hydrogen-bond acceptors (Lipinski definition) is 6. The lowest BCUT2D eigenvalue weighted by Crippen LogP contribution is -2.27. The van der Waals surface area contributed by atoms with E-state index >= 15 is 0 Å². The number of carbonyl (C=O) groups excluding carboxylic acids is 1. The molecule has 0 saturated heterocycles. The van der Waals surface area contributed by atoms with Crippen LogP contribution >= 0.6 is 22.9 Å². The zero-order valence-corrected chi connectivity index (χ0v) is 20.8. The number of benzene rings is 2. The van der Waals surface area contributed by atoms with E-state index in [4.69, 9.17) is 16.7 Å². The number of rotatable bonds is 6. The first kappa shape index (κ1) is 23.9. The number of carbonyl (C=O) groups is 2. The number of nitrogens with one attached hydrogen (secondary N) is 1. The first-order valence-corrected chi connectivity index (χ1v) is 12.5. The summed E-state index contributed by atoms with van der Waals surface area (Å²) in [6.45, 7) is 1.97. The molecule has 2 aromatic carbocycles. The van der Waals surface area contributed by atoms with E-state index < -0.39 is 17.9 Å². The molecule has 2 N–H and O–H groups in total. The number of carboxylic acid groups (broad SMARTS) is 1. The molecule has 5 rings (SSSR count). The molecule has 1 atom stereocenters. The predicted octanol–water partition coefficient (Wildman–Crippen LogP) is 5.16. The number of carboxylic acids is 1. The van der Waals surface area contributed by atoms with Crippen molar-refractivity contribution < 1.29 is 14.7 Å². The maximum Gasteiger partial charge on any atom is 0.303 e. The van der Waals surface area contributed by atoms with Crippen LogP contribution in [0.2, 0.25) is 5.02 Å². The number of nitrogens with zero attached hydrogens (tertiary/aromatic N) is 3. The Morgan fingerprint density at radius 1 is 1.11 bits per heavy atom. The molecule has 2 aromatic heterocycles. The second kappa shape index (κ2) is 9.67. The number of aryl methyl sites for hydroxylation is 1. The average molecular weight is 521 g/mol. The Hall–Kier alpha value is -3.82. The van der Waals surface area contributed by atoms with Gasteiger partial charge in [-0.25, -0.2) is 9.99 Å². The molecular weight excluding hydrogens is 500 g/mol. The number of aromatic amines is 1. The Bertz CT molecular complexity index is 1560. The van der Waals surface area contributed by atoms with Crippen LogP contribution in [0.15, 0.2) is 63.9 Å². The summed E-state index contributed by atoms with van der Waals surface area (Å²) in [5.41, 5.74) is 5.96. The second-order valence-electron chi connectivity index (χ2n) is 8.55. The van der Waals surface area contributed by atoms with Crippen molar-refractivity contribution in [2.45, 2.75) is 32.2 Å². The number of pyridine rings is 1. The number of hydrogen-bond donors (Lipinski definition) is 2. The van der Waals surface area contributed by atoms with E-state index in [1.54, 1.807) is 17.6 Å². The van der Waals surface area contributed by atoms with Crippen molar-refractivity contribution in [2.24, 2.45) is 5.10 Å². The van der Waals surface area contributed by atoms with Gasteiger partial charge < -0.3 is 10.1 Å². The Labute approximate surface area is 214 Å². The van der Waals surface area contributed by atoms with Gasteiger partial charge >= 0.3 is 5.97 Å². The molecule has 8 nitrogen and oxygen atoms in total. The van der Waals surface area contributed by atoms with Crippen molar-refractivity contribution in [2.75, 3.05) is 0 Å². The second-order valence-corrected chi connectivity index (χ2v) is 9.84. The van der Waals surface area contributed by atoms with Gasteiger partial charge in [0.1, 0.15) is 0 Å². The number of fused-ring (bicyclic) bond motifs is 1. The highest BCUT2D eigenvalue weighted by atomic mass is 35.5. The number of H-pyrrole nitrogens is 1. The maximum absolute atomic E-state index is 13.4. The van der Waals surface area contributed by atoms with Crippen molar-refractivity contribution in [1.82, 2.24) is 15.0 Å². The third-order valence-electron chi connectivity index (χ3n) is 6.11. The van der Waals surface area contributed by atoms with E-state index in [-0.39, 0.29) is 18.4 Å². The zero-order valence-electron chi connectivity index (χ0n) is 19.2. The molecule has 1 aliphatic heterocycles. The topological polar surface area (TPSA) is 116 Å². The zero-order chi connectivity index (χ0) is 25.4. The van der Waals surface area contributed by atoms with Crippen molar-refractivity contribution >= 4 is 50.9 Å². The molecule has 4 aromatic rings. The van der Waals surface area contributed by atoms with Crippen molar-refractivity contribution in [3.05, 3.63) is 86.1 Å². The quantitative estimate of drug-likeness (QED) is 0.364. The van der Waals surface area contributed by atoms with E-state index in [1.165, 1.54) is 16.3 Å². The fourth-order valence-corrected chi connectivity index (χ4v) is 5.29. The van der Waals surface area contributed by atoms with E-state index in [0.717, 1.165) is 21.4 Å². The molecule has 182 valence electrons. The van der Waals surface area contributed by atoms with Crippen LogP contribution in [0.3, 0.4) is 0 Å². The normalized spacial score (nSPS) is 15.3. The smallest absolute Gasteiger partial charge is 0.303 e. The van der Waals surface area contributed by atoms with Gasteiger partial charge in [0.05, 0.1) is 33.9 Å². The molecule has 0 aliphatic carbocycles. The van der Waals surface area contributed by atoms with Gasteiger partial charge in [-0.3, -0.25) is 14.4 Å². The molecule has 1 amide bonds. The summed E-state index contributed by atoms with van der Waals surface area (Å²) in [5, 5.41) is 15.6. The SMILES string of the molecule is Cc1ccc(C2CC(c3c(-c4ccc(Cl)cc4)c4scnc4[nH]c3=O)=NN2C(=O)CCC(=O)O)cc1. The van der Waals surface area contributed by atoms with Gasteiger partial charge in [0.15, 0.2) is 5.65 Å². The van der Waals surface area contributed by atoms with E-state index in [1.807, 2.05) is 43.3 Å². The van der Waals surface area contributed by atoms with Gasteiger partial charge in [0, 0.05) is 23.4 Å². The van der Waals surface area contributed by atoms with Gasteiger partial charge in [0.2, 0.25) is 5.91 Å². The lowest BCUT2D eigenvalue weighted by atomic mass is 9.93. The van der Waals surface area contributed by atoms with Gasteiger partial charge in [0.25, 0.3) is 5.56 Å². The highest BCUT2D eigenvalue weighted by Crippen LogP contribution is 2.38. The molecule has 0 spiro atoms. The van der Waals surface area contributed by atoms with Crippen LogP contribution in [0.5, 0.6) is 0 Å². The maximum atomic E-state index is 13.4. The van der Waals surface area contributed by atoms with Crippen LogP contribution in [0.25, 0.3) is 21.5 Å². The minimum absolute atomic E-state index is 0.192. The fourth-order valence-electron chi connectivity index (χ4n) is 4.34. The minimum atomic E-state index is -1.06. The molecule has 10 heteroatoms.